The smallest absolute Gasteiger partial charge is 0.104 e. The van der Waals surface area contributed by atoms with Gasteiger partial charge in [0.25, 0.3) is 0 Å². The van der Waals surface area contributed by atoms with Crippen LogP contribution < -0.4 is 0 Å². The first-order valence-electron chi connectivity index (χ1n) is 4.48. The van der Waals surface area contributed by atoms with E-state index in [4.69, 9.17) is 5.26 Å². The van der Waals surface area contributed by atoms with Crippen molar-refractivity contribution >= 4 is 36.5 Å². The van der Waals surface area contributed by atoms with E-state index in [0.29, 0.717) is 6.42 Å². The maximum absolute atomic E-state index is 8.64. The second-order valence-electron chi connectivity index (χ2n) is 2.98. The molecule has 0 aliphatic rings. The zero-order valence-electron chi connectivity index (χ0n) is 8.64. The molecule has 0 amide bonds. The monoisotopic (exact) mass is 320 g/mol. The maximum atomic E-state index is 8.64. The second-order valence-corrected chi connectivity index (χ2v) is 4.92. The fourth-order valence-electron chi connectivity index (χ4n) is 1.15. The zero-order chi connectivity index (χ0) is 11.1. The lowest BCUT2D eigenvalue weighted by Crippen LogP contribution is -2.07. The molecule has 2 nitrogen and oxygen atoms in total. The van der Waals surface area contributed by atoms with E-state index in [1.165, 1.54) is 0 Å². The van der Waals surface area contributed by atoms with E-state index in [1.54, 1.807) is 0 Å². The van der Waals surface area contributed by atoms with Crippen molar-refractivity contribution in [3.63, 3.8) is 0 Å². The number of allylic oxidation sites excluding steroid dienone is 2. The highest BCUT2D eigenvalue weighted by Crippen LogP contribution is 2.25. The molecule has 1 atom stereocenters. The topological polar surface area (TPSA) is 36.1 Å². The van der Waals surface area contributed by atoms with Crippen LogP contribution in [0.3, 0.4) is 0 Å². The van der Waals surface area contributed by atoms with Crippen LogP contribution in [0.1, 0.15) is 27.2 Å². The molecule has 14 heavy (non-hydrogen) atoms. The molecule has 0 aliphatic heterocycles. The third kappa shape index (κ3) is 4.39. The van der Waals surface area contributed by atoms with E-state index in [-0.39, 0.29) is 5.92 Å². The number of hydrogen-bond acceptors (Lipinski definition) is 2. The molecular formula is C10H14Br2N2. The Hall–Kier alpha value is -0.140. The molecule has 0 bridgehead atoms. The first kappa shape index (κ1) is 13.9. The molecule has 0 spiro atoms. The van der Waals surface area contributed by atoms with Crippen LogP contribution >= 0.6 is 31.9 Å². The lowest BCUT2D eigenvalue weighted by Gasteiger charge is -2.13. The minimum Gasteiger partial charge on any atom is -0.278 e. The molecule has 0 unspecified atom stereocenters. The summed E-state index contributed by atoms with van der Waals surface area (Å²) >= 11 is 6.87. The van der Waals surface area contributed by atoms with Gasteiger partial charge in [0, 0.05) is 13.0 Å². The Bertz CT molecular complexity index is 283. The van der Waals surface area contributed by atoms with Gasteiger partial charge in [-0.3, -0.25) is 4.99 Å². The maximum Gasteiger partial charge on any atom is 0.104 e. The minimum atomic E-state index is 0.198. The Morgan fingerprint density at radius 3 is 2.43 bits per heavy atom. The summed E-state index contributed by atoms with van der Waals surface area (Å²) in [6.45, 7) is 6.71. The third-order valence-corrected chi connectivity index (χ3v) is 2.89. The van der Waals surface area contributed by atoms with Gasteiger partial charge in [0.15, 0.2) is 0 Å². The summed E-state index contributed by atoms with van der Waals surface area (Å²) in [4.78, 5) is 4.29. The highest BCUT2D eigenvalue weighted by molar-refractivity contribution is 9.18. The summed E-state index contributed by atoms with van der Waals surface area (Å²) in [7, 11) is 0. The molecule has 0 aliphatic carbocycles. The van der Waals surface area contributed by atoms with Crippen LogP contribution in [-0.4, -0.2) is 11.2 Å². The summed E-state index contributed by atoms with van der Waals surface area (Å²) in [6.07, 6.45) is 0.507. The quantitative estimate of drug-likeness (QED) is 0.720. The Morgan fingerprint density at radius 2 is 2.07 bits per heavy atom. The summed E-state index contributed by atoms with van der Waals surface area (Å²) in [5, 5.41) is 8.64. The lowest BCUT2D eigenvalue weighted by molar-refractivity contribution is 0.728. The molecule has 0 aromatic heterocycles. The molecule has 0 radical (unpaired) electrons. The number of aliphatic imine (C=N–C) groups is 1. The normalized spacial score (nSPS) is 15.9. The van der Waals surface area contributed by atoms with Crippen molar-refractivity contribution < 1.29 is 0 Å². The Morgan fingerprint density at radius 1 is 1.50 bits per heavy atom. The molecule has 0 saturated heterocycles. The number of nitriles is 1. The summed E-state index contributed by atoms with van der Waals surface area (Å²) < 4.78 is 1.88. The van der Waals surface area contributed by atoms with E-state index in [1.807, 2.05) is 20.8 Å². The molecule has 0 rings (SSSR count). The van der Waals surface area contributed by atoms with Crippen molar-refractivity contribution in [2.24, 2.45) is 10.9 Å². The van der Waals surface area contributed by atoms with Crippen LogP contribution in [0.5, 0.6) is 0 Å². The van der Waals surface area contributed by atoms with E-state index in [2.05, 4.69) is 42.9 Å². The van der Waals surface area contributed by atoms with E-state index in [0.717, 1.165) is 21.2 Å². The molecule has 4 heteroatoms. The molecule has 0 fully saturated rings. The number of rotatable bonds is 4. The van der Waals surface area contributed by atoms with Crippen LogP contribution in [0.2, 0.25) is 0 Å². The first-order chi connectivity index (χ1) is 6.54. The largest absolute Gasteiger partial charge is 0.278 e. The minimum absolute atomic E-state index is 0.198. The van der Waals surface area contributed by atoms with Gasteiger partial charge < -0.3 is 0 Å². The molecule has 0 N–H and O–H groups in total. The van der Waals surface area contributed by atoms with Crippen LogP contribution in [0, 0.1) is 17.2 Å². The van der Waals surface area contributed by atoms with E-state index in [9.17, 15) is 0 Å². The van der Waals surface area contributed by atoms with Crippen molar-refractivity contribution in [1.29, 1.82) is 5.26 Å². The van der Waals surface area contributed by atoms with Crippen LogP contribution in [0.25, 0.3) is 0 Å². The van der Waals surface area contributed by atoms with Crippen molar-refractivity contribution in [2.45, 2.75) is 27.2 Å². The van der Waals surface area contributed by atoms with Crippen molar-refractivity contribution in [3.05, 3.63) is 10.1 Å². The van der Waals surface area contributed by atoms with E-state index < -0.39 is 0 Å². The first-order valence-corrected chi connectivity index (χ1v) is 6.06. The Balaban J connectivity index is 4.91. The van der Waals surface area contributed by atoms with Crippen LogP contribution in [0.15, 0.2) is 15.0 Å². The van der Waals surface area contributed by atoms with Gasteiger partial charge in [-0.2, -0.15) is 5.26 Å². The number of nitrogens with zero attached hydrogens (tertiary/aromatic N) is 2. The van der Waals surface area contributed by atoms with Crippen LogP contribution in [0.4, 0.5) is 0 Å². The SMILES string of the molecule is CCN=C(Br)/C(=C(\C)Br)[C@H](C)CC#N. The highest BCUT2D eigenvalue weighted by Gasteiger charge is 2.14. The standard InChI is InChI=1S/C10H14Br2N2/c1-4-14-10(12)9(8(3)11)7(2)5-6-13/h7H,4-5H2,1-3H3/b9-8+,14-10?/t7-/m1/s1. The van der Waals surface area contributed by atoms with Gasteiger partial charge in [0.2, 0.25) is 0 Å². The summed E-state index contributed by atoms with van der Waals surface area (Å²) in [5.41, 5.74) is 1.08. The lowest BCUT2D eigenvalue weighted by atomic mass is 9.99. The third-order valence-electron chi connectivity index (χ3n) is 1.78. The van der Waals surface area contributed by atoms with E-state index >= 15 is 0 Å². The number of hydrogen-bond donors (Lipinski definition) is 0. The molecular weight excluding hydrogens is 308 g/mol. The van der Waals surface area contributed by atoms with Gasteiger partial charge >= 0.3 is 0 Å². The fourth-order valence-corrected chi connectivity index (χ4v) is 2.93. The molecule has 0 heterocycles. The Kier molecular flexibility index (Phi) is 7.12. The average molecular weight is 322 g/mol. The molecule has 0 aromatic carbocycles. The van der Waals surface area contributed by atoms with Gasteiger partial charge in [-0.1, -0.05) is 22.9 Å². The molecule has 0 aromatic rings. The summed E-state index contributed by atoms with van der Waals surface area (Å²) in [5.74, 6) is 0.198. The van der Waals surface area contributed by atoms with Gasteiger partial charge in [-0.15, -0.1) is 0 Å². The fraction of sp³-hybridized carbons (Fsp3) is 0.600. The van der Waals surface area contributed by atoms with Crippen LogP contribution in [-0.2, 0) is 0 Å². The molecule has 0 saturated carbocycles. The predicted molar refractivity (Wildman–Crippen MR) is 67.9 cm³/mol. The Labute approximate surface area is 102 Å². The van der Waals surface area contributed by atoms with Gasteiger partial charge in [0.05, 0.1) is 6.07 Å². The van der Waals surface area contributed by atoms with Gasteiger partial charge in [-0.05, 0) is 45.8 Å². The average Bonchev–Trinajstić information content (AvgIpc) is 2.04. The van der Waals surface area contributed by atoms with Gasteiger partial charge in [-0.25, -0.2) is 0 Å². The zero-order valence-corrected chi connectivity index (χ0v) is 11.8. The number of halogens is 2. The predicted octanol–water partition coefficient (Wildman–Crippen LogP) is 4.02. The second kappa shape index (κ2) is 7.19. The van der Waals surface area contributed by atoms with Gasteiger partial charge in [0.1, 0.15) is 4.62 Å². The van der Waals surface area contributed by atoms with Crippen molar-refractivity contribution in [2.75, 3.05) is 6.54 Å². The van der Waals surface area contributed by atoms with Crippen molar-refractivity contribution in [1.82, 2.24) is 0 Å². The van der Waals surface area contributed by atoms with Crippen molar-refractivity contribution in [3.8, 4) is 6.07 Å². The highest BCUT2D eigenvalue weighted by atomic mass is 79.9. The summed E-state index contributed by atoms with van der Waals surface area (Å²) in [6, 6.07) is 2.17. The molecule has 78 valence electrons.